The van der Waals surface area contributed by atoms with Crippen LogP contribution >= 0.6 is 0 Å². The zero-order chi connectivity index (χ0) is 15.9. The van der Waals surface area contributed by atoms with Crippen LogP contribution in [0, 0.1) is 0 Å². The summed E-state index contributed by atoms with van der Waals surface area (Å²) >= 11 is 0. The standard InChI is InChI=1S/C23H24/c1-2-10-20-13-6-8-15-22(20)23-16-9-7-14-21(23)18-17-19-11-4-3-5-12-19/h3-9,11-16H,2,10,17-18H2,1H3. The highest BCUT2D eigenvalue weighted by atomic mass is 14.1. The second kappa shape index (κ2) is 7.78. The Hall–Kier alpha value is -2.34. The first-order valence-corrected chi connectivity index (χ1v) is 8.58. The molecule has 0 aliphatic heterocycles. The van der Waals surface area contributed by atoms with Gasteiger partial charge in [-0.05, 0) is 47.1 Å². The lowest BCUT2D eigenvalue weighted by Crippen LogP contribution is -1.96. The summed E-state index contributed by atoms with van der Waals surface area (Å²) < 4.78 is 0. The first kappa shape index (κ1) is 15.6. The van der Waals surface area contributed by atoms with E-state index in [1.165, 1.54) is 34.2 Å². The Morgan fingerprint density at radius 3 is 1.65 bits per heavy atom. The Kier molecular flexibility index (Phi) is 5.26. The minimum atomic E-state index is 1.08. The first-order chi connectivity index (χ1) is 11.4. The van der Waals surface area contributed by atoms with Gasteiger partial charge in [0.25, 0.3) is 0 Å². The highest BCUT2D eigenvalue weighted by Gasteiger charge is 2.08. The lowest BCUT2D eigenvalue weighted by Gasteiger charge is -2.14. The molecule has 0 aromatic heterocycles. The molecule has 0 nitrogen and oxygen atoms in total. The molecule has 0 N–H and O–H groups in total. The molecule has 3 aromatic carbocycles. The van der Waals surface area contributed by atoms with Crippen LogP contribution in [-0.4, -0.2) is 0 Å². The van der Waals surface area contributed by atoms with Crippen molar-refractivity contribution < 1.29 is 0 Å². The van der Waals surface area contributed by atoms with E-state index in [-0.39, 0.29) is 0 Å². The minimum Gasteiger partial charge on any atom is -0.0651 e. The Labute approximate surface area is 139 Å². The molecule has 0 bridgehead atoms. The van der Waals surface area contributed by atoms with Gasteiger partial charge in [-0.3, -0.25) is 0 Å². The molecule has 0 heterocycles. The van der Waals surface area contributed by atoms with Crippen molar-refractivity contribution in [3.63, 3.8) is 0 Å². The Morgan fingerprint density at radius 2 is 1.04 bits per heavy atom. The van der Waals surface area contributed by atoms with Gasteiger partial charge >= 0.3 is 0 Å². The normalized spacial score (nSPS) is 10.7. The van der Waals surface area contributed by atoms with Crippen molar-refractivity contribution in [3.05, 3.63) is 95.6 Å². The topological polar surface area (TPSA) is 0 Å². The average molecular weight is 300 g/mol. The molecule has 0 aliphatic carbocycles. The van der Waals surface area contributed by atoms with Crippen molar-refractivity contribution in [3.8, 4) is 11.1 Å². The predicted octanol–water partition coefficient (Wildman–Crippen LogP) is 6.09. The van der Waals surface area contributed by atoms with Gasteiger partial charge in [0.15, 0.2) is 0 Å². The third-order valence-electron chi connectivity index (χ3n) is 4.37. The Bertz CT molecular complexity index is 741. The van der Waals surface area contributed by atoms with E-state index in [1.54, 1.807) is 0 Å². The average Bonchev–Trinajstić information content (AvgIpc) is 2.62. The van der Waals surface area contributed by atoms with Crippen LogP contribution in [0.2, 0.25) is 0 Å². The Balaban J connectivity index is 1.89. The van der Waals surface area contributed by atoms with Gasteiger partial charge in [0, 0.05) is 0 Å². The van der Waals surface area contributed by atoms with E-state index in [4.69, 9.17) is 0 Å². The molecular weight excluding hydrogens is 276 g/mol. The van der Waals surface area contributed by atoms with Crippen molar-refractivity contribution >= 4 is 0 Å². The number of hydrogen-bond donors (Lipinski definition) is 0. The fraction of sp³-hybridized carbons (Fsp3) is 0.217. The van der Waals surface area contributed by atoms with Gasteiger partial charge < -0.3 is 0 Å². The fourth-order valence-electron chi connectivity index (χ4n) is 3.20. The van der Waals surface area contributed by atoms with E-state index >= 15 is 0 Å². The second-order valence-electron chi connectivity index (χ2n) is 6.05. The van der Waals surface area contributed by atoms with Crippen molar-refractivity contribution in [2.75, 3.05) is 0 Å². The summed E-state index contributed by atoms with van der Waals surface area (Å²) in [5.41, 5.74) is 7.11. The third-order valence-corrected chi connectivity index (χ3v) is 4.37. The monoisotopic (exact) mass is 300 g/mol. The summed E-state index contributed by atoms with van der Waals surface area (Å²) in [4.78, 5) is 0. The summed E-state index contributed by atoms with van der Waals surface area (Å²) in [6.07, 6.45) is 4.50. The van der Waals surface area contributed by atoms with E-state index in [9.17, 15) is 0 Å². The molecule has 3 aromatic rings. The lowest BCUT2D eigenvalue weighted by molar-refractivity contribution is 0.921. The number of hydrogen-bond acceptors (Lipinski definition) is 0. The molecule has 0 unspecified atom stereocenters. The molecule has 0 fully saturated rings. The molecule has 0 saturated carbocycles. The van der Waals surface area contributed by atoms with Gasteiger partial charge in [-0.2, -0.15) is 0 Å². The quantitative estimate of drug-likeness (QED) is 0.516. The van der Waals surface area contributed by atoms with Crippen LogP contribution in [-0.2, 0) is 19.3 Å². The lowest BCUT2D eigenvalue weighted by atomic mass is 9.91. The van der Waals surface area contributed by atoms with Crippen LogP contribution in [0.25, 0.3) is 11.1 Å². The van der Waals surface area contributed by atoms with E-state index in [0.717, 1.165) is 19.3 Å². The summed E-state index contributed by atoms with van der Waals surface area (Å²) in [7, 11) is 0. The summed E-state index contributed by atoms with van der Waals surface area (Å²) in [6.45, 7) is 2.25. The molecule has 0 atom stereocenters. The number of aryl methyl sites for hydroxylation is 3. The summed E-state index contributed by atoms with van der Waals surface area (Å²) in [5.74, 6) is 0. The van der Waals surface area contributed by atoms with Gasteiger partial charge in [0.05, 0.1) is 0 Å². The minimum absolute atomic E-state index is 1.08. The van der Waals surface area contributed by atoms with Crippen molar-refractivity contribution in [2.24, 2.45) is 0 Å². The van der Waals surface area contributed by atoms with Crippen LogP contribution in [0.5, 0.6) is 0 Å². The summed E-state index contributed by atoms with van der Waals surface area (Å²) in [5, 5.41) is 0. The van der Waals surface area contributed by atoms with E-state index in [1.807, 2.05) is 0 Å². The van der Waals surface area contributed by atoms with Crippen LogP contribution in [0.15, 0.2) is 78.9 Å². The predicted molar refractivity (Wildman–Crippen MR) is 99.7 cm³/mol. The van der Waals surface area contributed by atoms with Crippen LogP contribution in [0.3, 0.4) is 0 Å². The molecule has 0 amide bonds. The van der Waals surface area contributed by atoms with Gasteiger partial charge in [-0.25, -0.2) is 0 Å². The van der Waals surface area contributed by atoms with Crippen molar-refractivity contribution in [1.82, 2.24) is 0 Å². The molecule has 0 heteroatoms. The van der Waals surface area contributed by atoms with E-state index < -0.39 is 0 Å². The summed E-state index contributed by atoms with van der Waals surface area (Å²) in [6, 6.07) is 28.5. The highest BCUT2D eigenvalue weighted by Crippen LogP contribution is 2.28. The second-order valence-corrected chi connectivity index (χ2v) is 6.05. The third kappa shape index (κ3) is 3.90. The van der Waals surface area contributed by atoms with E-state index in [0.29, 0.717) is 0 Å². The van der Waals surface area contributed by atoms with Gasteiger partial charge in [-0.15, -0.1) is 0 Å². The van der Waals surface area contributed by atoms with Crippen LogP contribution in [0.1, 0.15) is 30.0 Å². The molecule has 0 aliphatic rings. The largest absolute Gasteiger partial charge is 0.0651 e. The van der Waals surface area contributed by atoms with Gasteiger partial charge in [0.1, 0.15) is 0 Å². The fourth-order valence-corrected chi connectivity index (χ4v) is 3.20. The molecule has 0 saturated heterocycles. The van der Waals surface area contributed by atoms with Gasteiger partial charge in [-0.1, -0.05) is 92.2 Å². The van der Waals surface area contributed by atoms with Crippen molar-refractivity contribution in [2.45, 2.75) is 32.6 Å². The van der Waals surface area contributed by atoms with Crippen LogP contribution < -0.4 is 0 Å². The maximum atomic E-state index is 2.28. The number of benzene rings is 3. The first-order valence-electron chi connectivity index (χ1n) is 8.58. The molecule has 116 valence electrons. The van der Waals surface area contributed by atoms with Gasteiger partial charge in [0.2, 0.25) is 0 Å². The molecule has 3 rings (SSSR count). The SMILES string of the molecule is CCCc1ccccc1-c1ccccc1CCc1ccccc1. The zero-order valence-corrected chi connectivity index (χ0v) is 13.8. The maximum Gasteiger partial charge on any atom is -0.0149 e. The maximum absolute atomic E-state index is 2.28. The molecular formula is C23H24. The van der Waals surface area contributed by atoms with Crippen LogP contribution in [0.4, 0.5) is 0 Å². The van der Waals surface area contributed by atoms with E-state index in [2.05, 4.69) is 85.8 Å². The number of rotatable bonds is 6. The molecule has 23 heavy (non-hydrogen) atoms. The Morgan fingerprint density at radius 1 is 0.522 bits per heavy atom. The molecule has 0 radical (unpaired) electrons. The zero-order valence-electron chi connectivity index (χ0n) is 13.8. The molecule has 0 spiro atoms. The van der Waals surface area contributed by atoms with Crippen molar-refractivity contribution in [1.29, 1.82) is 0 Å². The highest BCUT2D eigenvalue weighted by molar-refractivity contribution is 5.70. The smallest absolute Gasteiger partial charge is 0.0149 e.